The van der Waals surface area contributed by atoms with Gasteiger partial charge in [0.25, 0.3) is 5.56 Å². The van der Waals surface area contributed by atoms with E-state index in [9.17, 15) is 13.6 Å². The number of hydrogen-bond acceptors (Lipinski definition) is 3. The van der Waals surface area contributed by atoms with Gasteiger partial charge in [0, 0.05) is 5.56 Å². The molecule has 1 aromatic heterocycles. The molecule has 0 saturated carbocycles. The lowest BCUT2D eigenvalue weighted by molar-refractivity contribution is 0.602. The molecule has 0 radical (unpaired) electrons. The van der Waals surface area contributed by atoms with Gasteiger partial charge in [0.05, 0.1) is 5.69 Å². The highest BCUT2D eigenvalue weighted by Gasteiger charge is 2.14. The van der Waals surface area contributed by atoms with Crippen molar-refractivity contribution in [2.75, 3.05) is 5.73 Å². The van der Waals surface area contributed by atoms with Gasteiger partial charge in [0.1, 0.15) is 15.2 Å². The summed E-state index contributed by atoms with van der Waals surface area (Å²) in [6, 6.07) is 2.93. The molecule has 1 aromatic carbocycles. The lowest BCUT2D eigenvalue weighted by atomic mass is 10.1. The maximum Gasteiger partial charge on any atom is 0.266 e. The van der Waals surface area contributed by atoms with Gasteiger partial charge in [-0.05, 0) is 40.8 Å². The highest BCUT2D eigenvalue weighted by Crippen LogP contribution is 2.24. The van der Waals surface area contributed by atoms with Crippen LogP contribution in [-0.2, 0) is 0 Å². The minimum atomic E-state index is -0.665. The number of nitrogens with zero attached hydrogens (tertiary/aromatic N) is 1. The van der Waals surface area contributed by atoms with Crippen LogP contribution in [0.5, 0.6) is 0 Å². The van der Waals surface area contributed by atoms with Crippen molar-refractivity contribution in [1.29, 1.82) is 0 Å². The van der Waals surface area contributed by atoms with E-state index in [0.29, 0.717) is 0 Å². The first-order chi connectivity index (χ1) is 7.99. The third kappa shape index (κ3) is 2.28. The van der Waals surface area contributed by atoms with Crippen molar-refractivity contribution in [2.24, 2.45) is 0 Å². The molecule has 88 valence electrons. The quantitative estimate of drug-likeness (QED) is 0.773. The summed E-state index contributed by atoms with van der Waals surface area (Å²) in [5.74, 6) is -1.42. The fourth-order valence-corrected chi connectivity index (χ4v) is 1.88. The number of hydrogen-bond donors (Lipinski definition) is 2. The molecule has 4 nitrogen and oxygen atoms in total. The van der Waals surface area contributed by atoms with Crippen molar-refractivity contribution in [3.8, 4) is 11.3 Å². The first kappa shape index (κ1) is 12.0. The van der Waals surface area contributed by atoms with E-state index in [0.717, 1.165) is 18.2 Å². The molecular formula is C10H6F2IN3O. The van der Waals surface area contributed by atoms with E-state index < -0.39 is 17.2 Å². The molecule has 2 aromatic rings. The summed E-state index contributed by atoms with van der Waals surface area (Å²) in [5, 5.41) is 0. The molecule has 7 heteroatoms. The Kier molecular flexibility index (Phi) is 3.09. The molecule has 0 atom stereocenters. The molecule has 0 spiro atoms. The second-order valence-corrected chi connectivity index (χ2v) is 4.32. The first-order valence-electron chi connectivity index (χ1n) is 4.49. The number of halogens is 3. The Balaban J connectivity index is 2.76. The molecule has 0 aliphatic rings. The molecule has 1 heterocycles. The summed E-state index contributed by atoms with van der Waals surface area (Å²) in [5.41, 5.74) is 4.82. The molecule has 0 saturated heterocycles. The maximum atomic E-state index is 13.5. The number of aromatic nitrogens is 2. The molecule has 0 fully saturated rings. The van der Waals surface area contributed by atoms with Gasteiger partial charge < -0.3 is 5.73 Å². The summed E-state index contributed by atoms with van der Waals surface area (Å²) >= 11 is 1.70. The molecule has 0 unspecified atom stereocenters. The third-order valence-electron chi connectivity index (χ3n) is 2.06. The Hall–Kier alpha value is -1.51. The van der Waals surface area contributed by atoms with Crippen LogP contribution in [-0.4, -0.2) is 9.97 Å². The summed E-state index contributed by atoms with van der Waals surface area (Å²) in [4.78, 5) is 17.5. The van der Waals surface area contributed by atoms with Crippen molar-refractivity contribution >= 4 is 28.5 Å². The van der Waals surface area contributed by atoms with E-state index in [1.54, 1.807) is 22.6 Å². The standard InChI is InChI=1S/C10H6F2IN3O/c11-4-1-2-6(12)5(3-4)8-7(13)9(17)16-10(14)15-8/h1-3H,(H3,14,15,16,17). The van der Waals surface area contributed by atoms with Crippen LogP contribution >= 0.6 is 22.6 Å². The molecule has 0 aliphatic heterocycles. The SMILES string of the molecule is Nc1nc(-c2cc(F)ccc2F)c(I)c(=O)[nH]1. The van der Waals surface area contributed by atoms with E-state index >= 15 is 0 Å². The number of anilines is 1. The fourth-order valence-electron chi connectivity index (χ4n) is 1.33. The summed E-state index contributed by atoms with van der Waals surface area (Å²) in [6.07, 6.45) is 0. The number of benzene rings is 1. The smallest absolute Gasteiger partial charge is 0.266 e. The second-order valence-electron chi connectivity index (χ2n) is 3.24. The van der Waals surface area contributed by atoms with Gasteiger partial charge in [0.15, 0.2) is 0 Å². The number of nitrogens with one attached hydrogen (secondary N) is 1. The number of nitrogen functional groups attached to an aromatic ring is 1. The topological polar surface area (TPSA) is 71.8 Å². The lowest BCUT2D eigenvalue weighted by Gasteiger charge is -2.05. The predicted octanol–water partition coefficient (Wildman–Crippen LogP) is 1.90. The Morgan fingerprint density at radius 2 is 2.06 bits per heavy atom. The van der Waals surface area contributed by atoms with Crippen molar-refractivity contribution in [3.63, 3.8) is 0 Å². The van der Waals surface area contributed by atoms with Crippen LogP contribution in [0.2, 0.25) is 0 Å². The van der Waals surface area contributed by atoms with E-state index in [1.807, 2.05) is 0 Å². The van der Waals surface area contributed by atoms with Gasteiger partial charge in [-0.2, -0.15) is 0 Å². The van der Waals surface area contributed by atoms with Crippen LogP contribution in [0.1, 0.15) is 0 Å². The Labute approximate surface area is 108 Å². The normalized spacial score (nSPS) is 10.5. The Morgan fingerprint density at radius 3 is 2.76 bits per heavy atom. The van der Waals surface area contributed by atoms with Crippen LogP contribution in [0.3, 0.4) is 0 Å². The Morgan fingerprint density at radius 1 is 1.35 bits per heavy atom. The van der Waals surface area contributed by atoms with Crippen molar-refractivity contribution in [3.05, 3.63) is 43.8 Å². The number of nitrogens with two attached hydrogens (primary N) is 1. The van der Waals surface area contributed by atoms with Crippen LogP contribution in [0.25, 0.3) is 11.3 Å². The first-order valence-corrected chi connectivity index (χ1v) is 5.57. The fraction of sp³-hybridized carbons (Fsp3) is 0. The van der Waals surface area contributed by atoms with Gasteiger partial charge in [-0.3, -0.25) is 9.78 Å². The molecule has 3 N–H and O–H groups in total. The van der Waals surface area contributed by atoms with Crippen LogP contribution in [0, 0.1) is 15.2 Å². The monoisotopic (exact) mass is 349 g/mol. The minimum absolute atomic E-state index is 0.0313. The lowest BCUT2D eigenvalue weighted by Crippen LogP contribution is -2.16. The van der Waals surface area contributed by atoms with E-state index in [4.69, 9.17) is 5.73 Å². The zero-order valence-corrected chi connectivity index (χ0v) is 10.5. The highest BCUT2D eigenvalue weighted by atomic mass is 127. The van der Waals surface area contributed by atoms with Crippen LogP contribution in [0.4, 0.5) is 14.7 Å². The summed E-state index contributed by atoms with van der Waals surface area (Å²) < 4.78 is 26.7. The number of rotatable bonds is 1. The van der Waals surface area contributed by atoms with Crippen LogP contribution in [0.15, 0.2) is 23.0 Å². The molecule has 0 aliphatic carbocycles. The van der Waals surface area contributed by atoms with Gasteiger partial charge in [-0.1, -0.05) is 0 Å². The summed E-state index contributed by atoms with van der Waals surface area (Å²) in [7, 11) is 0. The minimum Gasteiger partial charge on any atom is -0.369 e. The maximum absolute atomic E-state index is 13.5. The second kappa shape index (κ2) is 4.40. The van der Waals surface area contributed by atoms with Crippen LogP contribution < -0.4 is 11.3 Å². The van der Waals surface area contributed by atoms with E-state index in [2.05, 4.69) is 9.97 Å². The van der Waals surface area contributed by atoms with Gasteiger partial charge in [-0.15, -0.1) is 0 Å². The molecule has 17 heavy (non-hydrogen) atoms. The van der Waals surface area contributed by atoms with Crippen molar-refractivity contribution in [1.82, 2.24) is 9.97 Å². The number of H-pyrrole nitrogens is 1. The van der Waals surface area contributed by atoms with Gasteiger partial charge in [-0.25, -0.2) is 13.8 Å². The third-order valence-corrected chi connectivity index (χ3v) is 3.07. The van der Waals surface area contributed by atoms with E-state index in [1.165, 1.54) is 0 Å². The zero-order chi connectivity index (χ0) is 12.6. The molecule has 0 bridgehead atoms. The molecular weight excluding hydrogens is 343 g/mol. The average Bonchev–Trinajstić information content (AvgIpc) is 2.27. The van der Waals surface area contributed by atoms with Gasteiger partial charge in [0.2, 0.25) is 5.95 Å². The average molecular weight is 349 g/mol. The van der Waals surface area contributed by atoms with Gasteiger partial charge >= 0.3 is 0 Å². The molecule has 2 rings (SSSR count). The molecule has 0 amide bonds. The largest absolute Gasteiger partial charge is 0.369 e. The zero-order valence-electron chi connectivity index (χ0n) is 8.30. The summed E-state index contributed by atoms with van der Waals surface area (Å²) in [6.45, 7) is 0. The number of aromatic amines is 1. The Bertz CT molecular complexity index is 642. The van der Waals surface area contributed by atoms with Crippen molar-refractivity contribution < 1.29 is 8.78 Å². The van der Waals surface area contributed by atoms with E-state index in [-0.39, 0.29) is 20.8 Å². The highest BCUT2D eigenvalue weighted by molar-refractivity contribution is 14.1. The van der Waals surface area contributed by atoms with Crippen molar-refractivity contribution in [2.45, 2.75) is 0 Å². The predicted molar refractivity (Wildman–Crippen MR) is 67.3 cm³/mol.